The number of rotatable bonds is 4. The average Bonchev–Trinajstić information content (AvgIpc) is 2.60. The molecule has 3 rings (SSSR count). The Hall–Kier alpha value is -3.15. The van der Waals surface area contributed by atoms with Crippen LogP contribution < -0.4 is 9.47 Å². The van der Waals surface area contributed by atoms with E-state index in [4.69, 9.17) is 9.47 Å². The Morgan fingerprint density at radius 1 is 1.00 bits per heavy atom. The Labute approximate surface area is 132 Å². The molecule has 0 spiro atoms. The summed E-state index contributed by atoms with van der Waals surface area (Å²) in [5.74, 6) is 1.31. The van der Waals surface area contributed by atoms with Crippen molar-refractivity contribution in [3.8, 4) is 22.8 Å². The van der Waals surface area contributed by atoms with E-state index in [0.29, 0.717) is 33.5 Å². The first kappa shape index (κ1) is 14.8. The van der Waals surface area contributed by atoms with Crippen molar-refractivity contribution in [3.05, 3.63) is 58.8 Å². The normalized spacial score (nSPS) is 10.5. The minimum atomic E-state index is -0.401. The van der Waals surface area contributed by atoms with Crippen LogP contribution in [0.1, 0.15) is 0 Å². The summed E-state index contributed by atoms with van der Waals surface area (Å²) in [6.45, 7) is 0. The number of hydrogen-bond acceptors (Lipinski definition) is 5. The van der Waals surface area contributed by atoms with Crippen LogP contribution in [0.2, 0.25) is 0 Å². The molecule has 0 N–H and O–H groups in total. The van der Waals surface area contributed by atoms with Crippen molar-refractivity contribution < 1.29 is 14.4 Å². The molecule has 116 valence electrons. The lowest BCUT2D eigenvalue weighted by molar-refractivity contribution is -0.382. The van der Waals surface area contributed by atoms with E-state index >= 15 is 0 Å². The van der Waals surface area contributed by atoms with Crippen molar-refractivity contribution in [2.24, 2.45) is 0 Å². The molecule has 6 heteroatoms. The van der Waals surface area contributed by atoms with Gasteiger partial charge in [-0.1, -0.05) is 0 Å². The summed E-state index contributed by atoms with van der Waals surface area (Å²) >= 11 is 0. The third-order valence-electron chi connectivity index (χ3n) is 3.62. The van der Waals surface area contributed by atoms with Gasteiger partial charge in [-0.05, 0) is 42.5 Å². The molecule has 0 fully saturated rings. The standard InChI is InChI=1S/C17H14N2O4/c1-22-13-5-3-11(4-6-13)16-17(19(20)21)15-8-7-14(23-2)9-12(15)10-18-16/h3-10H,1-2H3. The largest absolute Gasteiger partial charge is 0.497 e. The number of hydrogen-bond donors (Lipinski definition) is 0. The number of aromatic nitrogens is 1. The summed E-state index contributed by atoms with van der Waals surface area (Å²) in [5, 5.41) is 12.8. The number of nitro groups is 1. The maximum absolute atomic E-state index is 11.6. The van der Waals surface area contributed by atoms with Crippen LogP contribution in [0, 0.1) is 10.1 Å². The van der Waals surface area contributed by atoms with Crippen molar-refractivity contribution in [2.45, 2.75) is 0 Å². The minimum absolute atomic E-state index is 0.0182. The van der Waals surface area contributed by atoms with Crippen LogP contribution >= 0.6 is 0 Å². The molecule has 23 heavy (non-hydrogen) atoms. The van der Waals surface area contributed by atoms with Gasteiger partial charge in [0.25, 0.3) is 0 Å². The molecule has 2 aromatic carbocycles. The minimum Gasteiger partial charge on any atom is -0.497 e. The summed E-state index contributed by atoms with van der Waals surface area (Å²) in [6.07, 6.45) is 1.62. The Bertz CT molecular complexity index is 876. The Morgan fingerprint density at radius 2 is 1.65 bits per heavy atom. The van der Waals surface area contributed by atoms with Crippen LogP contribution in [0.4, 0.5) is 5.69 Å². The molecule has 0 amide bonds. The molecule has 3 aromatic rings. The van der Waals surface area contributed by atoms with E-state index in [1.165, 1.54) is 0 Å². The van der Waals surface area contributed by atoms with E-state index in [1.54, 1.807) is 62.9 Å². The molecule has 0 aliphatic heterocycles. The monoisotopic (exact) mass is 310 g/mol. The van der Waals surface area contributed by atoms with Gasteiger partial charge in [0.2, 0.25) is 0 Å². The number of nitrogens with zero attached hydrogens (tertiary/aromatic N) is 2. The molecule has 1 heterocycles. The predicted molar refractivity (Wildman–Crippen MR) is 86.9 cm³/mol. The summed E-state index contributed by atoms with van der Waals surface area (Å²) in [5.41, 5.74) is 0.973. The smallest absolute Gasteiger partial charge is 0.303 e. The molecule has 0 saturated carbocycles. The van der Waals surface area contributed by atoms with E-state index in [2.05, 4.69) is 4.98 Å². The Balaban J connectivity index is 2.23. The highest BCUT2D eigenvalue weighted by Gasteiger charge is 2.21. The fourth-order valence-corrected chi connectivity index (χ4v) is 2.46. The lowest BCUT2D eigenvalue weighted by Gasteiger charge is -2.08. The summed E-state index contributed by atoms with van der Waals surface area (Å²) in [7, 11) is 3.12. The fourth-order valence-electron chi connectivity index (χ4n) is 2.46. The van der Waals surface area contributed by atoms with Gasteiger partial charge in [-0.2, -0.15) is 0 Å². The van der Waals surface area contributed by atoms with Crippen LogP contribution in [0.5, 0.6) is 11.5 Å². The summed E-state index contributed by atoms with van der Waals surface area (Å²) in [6, 6.07) is 12.1. The Morgan fingerprint density at radius 3 is 2.26 bits per heavy atom. The third-order valence-corrected chi connectivity index (χ3v) is 3.62. The van der Waals surface area contributed by atoms with E-state index in [9.17, 15) is 10.1 Å². The van der Waals surface area contributed by atoms with Crippen LogP contribution in [-0.4, -0.2) is 24.1 Å². The lowest BCUT2D eigenvalue weighted by Crippen LogP contribution is -1.97. The van der Waals surface area contributed by atoms with Crippen molar-refractivity contribution in [3.63, 3.8) is 0 Å². The number of pyridine rings is 1. The van der Waals surface area contributed by atoms with E-state index in [-0.39, 0.29) is 5.69 Å². The highest BCUT2D eigenvalue weighted by atomic mass is 16.6. The lowest BCUT2D eigenvalue weighted by atomic mass is 10.0. The van der Waals surface area contributed by atoms with Crippen molar-refractivity contribution in [2.75, 3.05) is 14.2 Å². The molecule has 0 unspecified atom stereocenters. The second kappa shape index (κ2) is 5.92. The molecule has 0 bridgehead atoms. The van der Waals surface area contributed by atoms with Gasteiger partial charge < -0.3 is 9.47 Å². The molecular formula is C17H14N2O4. The maximum Gasteiger partial charge on any atom is 0.303 e. The summed E-state index contributed by atoms with van der Waals surface area (Å²) < 4.78 is 10.3. The average molecular weight is 310 g/mol. The molecule has 6 nitrogen and oxygen atoms in total. The van der Waals surface area contributed by atoms with Gasteiger partial charge in [0.15, 0.2) is 0 Å². The maximum atomic E-state index is 11.6. The highest BCUT2D eigenvalue weighted by molar-refractivity contribution is 5.96. The SMILES string of the molecule is COc1ccc(-c2ncc3cc(OC)ccc3c2[N+](=O)[O-])cc1. The van der Waals surface area contributed by atoms with Gasteiger partial charge >= 0.3 is 5.69 Å². The molecule has 0 saturated heterocycles. The molecule has 0 atom stereocenters. The van der Waals surface area contributed by atoms with Gasteiger partial charge in [-0.25, -0.2) is 4.98 Å². The third kappa shape index (κ3) is 2.66. The Kier molecular flexibility index (Phi) is 3.80. The van der Waals surface area contributed by atoms with Crippen molar-refractivity contribution in [1.29, 1.82) is 0 Å². The first-order valence-electron chi connectivity index (χ1n) is 6.89. The molecule has 1 aromatic heterocycles. The molecule has 0 aliphatic rings. The number of fused-ring (bicyclic) bond motifs is 1. The topological polar surface area (TPSA) is 74.5 Å². The number of methoxy groups -OCH3 is 2. The van der Waals surface area contributed by atoms with Crippen LogP contribution in [0.15, 0.2) is 48.7 Å². The second-order valence-electron chi connectivity index (χ2n) is 4.89. The van der Waals surface area contributed by atoms with Crippen molar-refractivity contribution >= 4 is 16.5 Å². The zero-order valence-electron chi connectivity index (χ0n) is 12.6. The fraction of sp³-hybridized carbons (Fsp3) is 0.118. The highest BCUT2D eigenvalue weighted by Crippen LogP contribution is 2.36. The van der Waals surface area contributed by atoms with Crippen molar-refractivity contribution in [1.82, 2.24) is 4.98 Å². The zero-order chi connectivity index (χ0) is 16.4. The molecule has 0 aliphatic carbocycles. The first-order chi connectivity index (χ1) is 11.1. The quantitative estimate of drug-likeness (QED) is 0.541. The van der Waals surface area contributed by atoms with Crippen LogP contribution in [0.3, 0.4) is 0 Å². The van der Waals surface area contributed by atoms with E-state index in [1.807, 2.05) is 0 Å². The van der Waals surface area contributed by atoms with Crippen LogP contribution in [-0.2, 0) is 0 Å². The van der Waals surface area contributed by atoms with E-state index < -0.39 is 4.92 Å². The van der Waals surface area contributed by atoms with Gasteiger partial charge in [0, 0.05) is 17.1 Å². The number of ether oxygens (including phenoxy) is 2. The second-order valence-corrected chi connectivity index (χ2v) is 4.89. The first-order valence-corrected chi connectivity index (χ1v) is 6.89. The van der Waals surface area contributed by atoms with Gasteiger partial charge in [-0.15, -0.1) is 0 Å². The van der Waals surface area contributed by atoms with E-state index in [0.717, 1.165) is 0 Å². The summed E-state index contributed by atoms with van der Waals surface area (Å²) in [4.78, 5) is 15.5. The van der Waals surface area contributed by atoms with Gasteiger partial charge in [-0.3, -0.25) is 10.1 Å². The number of benzene rings is 2. The molecular weight excluding hydrogens is 296 g/mol. The van der Waals surface area contributed by atoms with Crippen LogP contribution in [0.25, 0.3) is 22.0 Å². The molecule has 0 radical (unpaired) electrons. The zero-order valence-corrected chi connectivity index (χ0v) is 12.6. The van der Waals surface area contributed by atoms with Gasteiger partial charge in [0.05, 0.1) is 24.5 Å². The predicted octanol–water partition coefficient (Wildman–Crippen LogP) is 3.83. The van der Waals surface area contributed by atoms with Gasteiger partial charge in [0.1, 0.15) is 17.2 Å².